The third-order valence-electron chi connectivity index (χ3n) is 5.29. The maximum absolute atomic E-state index is 12.0. The number of aliphatic hydroxyl groups is 4. The van der Waals surface area contributed by atoms with Crippen molar-refractivity contribution >= 4 is 5.78 Å². The Balaban J connectivity index is 2.21. The fourth-order valence-corrected chi connectivity index (χ4v) is 3.10. The van der Waals surface area contributed by atoms with E-state index < -0.39 is 35.1 Å². The first kappa shape index (κ1) is 19.8. The minimum atomic E-state index is -1.82. The highest BCUT2D eigenvalue weighted by Gasteiger charge is 2.47. The molecule has 1 aliphatic heterocycles. The molecule has 25 heavy (non-hydrogen) atoms. The molecule has 1 aliphatic carbocycles. The quantitative estimate of drug-likeness (QED) is 0.584. The zero-order valence-electron chi connectivity index (χ0n) is 15.1. The number of hydrogen-bond acceptors (Lipinski definition) is 6. The number of allylic oxidation sites excluding steroid dienone is 2. The summed E-state index contributed by atoms with van der Waals surface area (Å²) in [4.78, 5) is 12.0. The van der Waals surface area contributed by atoms with Crippen LogP contribution in [0.1, 0.15) is 34.1 Å². The van der Waals surface area contributed by atoms with E-state index in [4.69, 9.17) is 4.74 Å². The van der Waals surface area contributed by atoms with E-state index in [-0.39, 0.29) is 12.5 Å². The molecule has 0 spiro atoms. The van der Waals surface area contributed by atoms with E-state index in [1.807, 2.05) is 13.8 Å². The van der Waals surface area contributed by atoms with Crippen LogP contribution in [0.4, 0.5) is 0 Å². The molecule has 0 amide bonds. The second kappa shape index (κ2) is 7.03. The minimum Gasteiger partial charge on any atom is -0.493 e. The Morgan fingerprint density at radius 2 is 2.12 bits per heavy atom. The van der Waals surface area contributed by atoms with Crippen LogP contribution >= 0.6 is 0 Å². The predicted octanol–water partition coefficient (Wildman–Crippen LogP) is 0.852. The topological polar surface area (TPSA) is 107 Å². The zero-order valence-corrected chi connectivity index (χ0v) is 15.1. The first-order chi connectivity index (χ1) is 11.5. The third kappa shape index (κ3) is 3.87. The van der Waals surface area contributed by atoms with E-state index in [1.165, 1.54) is 26.0 Å². The van der Waals surface area contributed by atoms with Gasteiger partial charge in [0.1, 0.15) is 11.4 Å². The first-order valence-electron chi connectivity index (χ1n) is 8.61. The predicted molar refractivity (Wildman–Crippen MR) is 92.5 cm³/mol. The number of rotatable bonds is 5. The number of carbonyl (C=O) groups excluding carboxylic acids is 1. The molecule has 6 heteroatoms. The van der Waals surface area contributed by atoms with Crippen molar-refractivity contribution in [2.75, 3.05) is 6.61 Å². The second-order valence-electron chi connectivity index (χ2n) is 7.45. The van der Waals surface area contributed by atoms with E-state index in [2.05, 4.69) is 0 Å². The standard InChI is InChI=1S/C19H28O6/c1-5-11(2)16(21)18(3,23)7-6-13-8-12-9-15(20)19(4,24)17(22)14(12)10-25-13/h6-9,11,14,16-17,21-24H,5,10H2,1-4H3/b7-6+/t11-,14-,16+,17+,18?,19-/m0/s1. The number of aliphatic hydroxyl groups excluding tert-OH is 2. The molecule has 6 nitrogen and oxygen atoms in total. The SMILES string of the molecule is CC[C@H](C)[C@@H](O)C(C)(O)/C=C/C1=CC2=CC(=O)[C@](C)(O)[C@H](O)[C@H]2CO1. The van der Waals surface area contributed by atoms with Gasteiger partial charge < -0.3 is 25.2 Å². The average Bonchev–Trinajstić information content (AvgIpc) is 2.57. The normalized spacial score (nSPS) is 34.5. The molecule has 1 unspecified atom stereocenters. The maximum Gasteiger partial charge on any atom is 0.189 e. The number of carbonyl (C=O) groups is 1. The van der Waals surface area contributed by atoms with Crippen LogP contribution in [-0.4, -0.2) is 56.2 Å². The van der Waals surface area contributed by atoms with Crippen molar-refractivity contribution in [3.63, 3.8) is 0 Å². The molecule has 1 heterocycles. The van der Waals surface area contributed by atoms with Crippen molar-refractivity contribution in [1.82, 2.24) is 0 Å². The van der Waals surface area contributed by atoms with Crippen LogP contribution in [0.5, 0.6) is 0 Å². The third-order valence-corrected chi connectivity index (χ3v) is 5.29. The molecule has 0 aromatic rings. The zero-order chi connectivity index (χ0) is 19.0. The molecular weight excluding hydrogens is 324 g/mol. The fourth-order valence-electron chi connectivity index (χ4n) is 3.10. The van der Waals surface area contributed by atoms with Gasteiger partial charge in [0.15, 0.2) is 11.4 Å². The van der Waals surface area contributed by atoms with Gasteiger partial charge in [-0.3, -0.25) is 4.79 Å². The van der Waals surface area contributed by atoms with Gasteiger partial charge in [0.05, 0.1) is 18.8 Å². The smallest absolute Gasteiger partial charge is 0.189 e. The maximum atomic E-state index is 12.0. The van der Waals surface area contributed by atoms with Crippen LogP contribution in [0.25, 0.3) is 0 Å². The summed E-state index contributed by atoms with van der Waals surface area (Å²) >= 11 is 0. The molecule has 2 aliphatic rings. The highest BCUT2D eigenvalue weighted by atomic mass is 16.5. The van der Waals surface area contributed by atoms with Gasteiger partial charge in [0.25, 0.3) is 0 Å². The molecule has 0 saturated carbocycles. The first-order valence-corrected chi connectivity index (χ1v) is 8.61. The second-order valence-corrected chi connectivity index (χ2v) is 7.45. The molecule has 0 bridgehead atoms. The van der Waals surface area contributed by atoms with Crippen LogP contribution in [0, 0.1) is 11.8 Å². The Morgan fingerprint density at radius 1 is 1.48 bits per heavy atom. The molecular formula is C19H28O6. The molecule has 0 aromatic carbocycles. The Labute approximate surface area is 148 Å². The summed E-state index contributed by atoms with van der Waals surface area (Å²) in [6.45, 7) is 6.73. The molecule has 0 fully saturated rings. The largest absolute Gasteiger partial charge is 0.493 e. The highest BCUT2D eigenvalue weighted by Crippen LogP contribution is 2.35. The van der Waals surface area contributed by atoms with Gasteiger partial charge >= 0.3 is 0 Å². The summed E-state index contributed by atoms with van der Waals surface area (Å²) in [6, 6.07) is 0. The van der Waals surface area contributed by atoms with E-state index in [9.17, 15) is 25.2 Å². The Bertz CT molecular complexity index is 613. The fraction of sp³-hybridized carbons (Fsp3) is 0.632. The highest BCUT2D eigenvalue weighted by molar-refractivity contribution is 5.99. The lowest BCUT2D eigenvalue weighted by Gasteiger charge is -2.39. The summed E-state index contributed by atoms with van der Waals surface area (Å²) in [6.07, 6.45) is 4.51. The molecule has 4 N–H and O–H groups in total. The van der Waals surface area contributed by atoms with Gasteiger partial charge in [0, 0.05) is 5.92 Å². The van der Waals surface area contributed by atoms with Crippen molar-refractivity contribution < 1.29 is 30.0 Å². The Morgan fingerprint density at radius 3 is 2.72 bits per heavy atom. The monoisotopic (exact) mass is 352 g/mol. The van der Waals surface area contributed by atoms with Crippen LogP contribution in [0.3, 0.4) is 0 Å². The van der Waals surface area contributed by atoms with Crippen LogP contribution in [0.2, 0.25) is 0 Å². The van der Waals surface area contributed by atoms with Gasteiger partial charge in [-0.2, -0.15) is 0 Å². The van der Waals surface area contributed by atoms with Gasteiger partial charge in [0.2, 0.25) is 0 Å². The number of ketones is 1. The number of ether oxygens (including phenoxy) is 1. The molecule has 0 aromatic heterocycles. The Kier molecular flexibility index (Phi) is 5.59. The van der Waals surface area contributed by atoms with Gasteiger partial charge in [-0.05, 0) is 49.6 Å². The lowest BCUT2D eigenvalue weighted by Crippen LogP contribution is -2.54. The van der Waals surface area contributed by atoms with Gasteiger partial charge in [-0.15, -0.1) is 0 Å². The molecule has 0 radical (unpaired) electrons. The Hall–Kier alpha value is -1.47. The van der Waals surface area contributed by atoms with Crippen molar-refractivity contribution in [3.8, 4) is 0 Å². The molecule has 0 saturated heterocycles. The molecule has 6 atom stereocenters. The van der Waals surface area contributed by atoms with Crippen molar-refractivity contribution in [3.05, 3.63) is 35.6 Å². The van der Waals surface area contributed by atoms with Crippen molar-refractivity contribution in [1.29, 1.82) is 0 Å². The molecule has 140 valence electrons. The number of fused-ring (bicyclic) bond motifs is 1. The van der Waals surface area contributed by atoms with Crippen LogP contribution in [-0.2, 0) is 9.53 Å². The lowest BCUT2D eigenvalue weighted by molar-refractivity contribution is -0.150. The number of hydrogen-bond donors (Lipinski definition) is 4. The van der Waals surface area contributed by atoms with Crippen LogP contribution < -0.4 is 0 Å². The van der Waals surface area contributed by atoms with Crippen LogP contribution in [0.15, 0.2) is 35.6 Å². The van der Waals surface area contributed by atoms with Crippen molar-refractivity contribution in [2.24, 2.45) is 11.8 Å². The molecule has 2 rings (SSSR count). The average molecular weight is 352 g/mol. The summed E-state index contributed by atoms with van der Waals surface area (Å²) in [5.74, 6) is -0.690. The summed E-state index contributed by atoms with van der Waals surface area (Å²) in [7, 11) is 0. The van der Waals surface area contributed by atoms with E-state index in [1.54, 1.807) is 12.2 Å². The van der Waals surface area contributed by atoms with Crippen molar-refractivity contribution in [2.45, 2.75) is 57.5 Å². The van der Waals surface area contributed by atoms with Gasteiger partial charge in [-0.25, -0.2) is 0 Å². The van der Waals surface area contributed by atoms with E-state index in [0.717, 1.165) is 6.42 Å². The van der Waals surface area contributed by atoms with E-state index in [0.29, 0.717) is 11.3 Å². The lowest BCUT2D eigenvalue weighted by atomic mass is 9.75. The van der Waals surface area contributed by atoms with E-state index >= 15 is 0 Å². The van der Waals surface area contributed by atoms with Gasteiger partial charge in [-0.1, -0.05) is 20.3 Å². The summed E-state index contributed by atoms with van der Waals surface area (Å²) < 4.78 is 5.57. The minimum absolute atomic E-state index is 0.0682. The summed E-state index contributed by atoms with van der Waals surface area (Å²) in [5, 5.41) is 40.9. The summed E-state index contributed by atoms with van der Waals surface area (Å²) in [5.41, 5.74) is -2.66.